The van der Waals surface area contributed by atoms with Gasteiger partial charge in [0.05, 0.1) is 0 Å². The van der Waals surface area contributed by atoms with Gasteiger partial charge in [0.2, 0.25) is 5.91 Å². The van der Waals surface area contributed by atoms with Crippen molar-refractivity contribution in [3.8, 4) is 11.1 Å². The maximum Gasteiger partial charge on any atom is 0.407 e. The van der Waals surface area contributed by atoms with Gasteiger partial charge in [-0.25, -0.2) is 9.59 Å². The molecule has 0 unspecified atom stereocenters. The second-order valence-electron chi connectivity index (χ2n) is 7.91. The largest absolute Gasteiger partial charge is 0.480 e. The molecule has 30 heavy (non-hydrogen) atoms. The van der Waals surface area contributed by atoms with Gasteiger partial charge < -0.3 is 20.1 Å². The number of carbonyl (C=O) groups is 3. The molecule has 1 fully saturated rings. The summed E-state index contributed by atoms with van der Waals surface area (Å²) in [4.78, 5) is 37.5. The fraction of sp³-hybridized carbons (Fsp3) is 0.348. The van der Waals surface area contributed by atoms with Gasteiger partial charge in [-0.05, 0) is 42.0 Å². The standard InChI is InChI=1S/C23H24N2O5/c1-23(21(27)28)11-6-12-25(23)20(26)13-24-22(29)30-14-19-17-9-4-2-7-15(17)16-8-3-5-10-18(16)19/h2-5,7-10,19H,6,11-14H2,1H3,(H,24,29)(H,27,28)/t23-/m0/s1. The Morgan fingerprint density at radius 3 is 2.30 bits per heavy atom. The van der Waals surface area contributed by atoms with E-state index in [9.17, 15) is 19.5 Å². The molecule has 2 amide bonds. The summed E-state index contributed by atoms with van der Waals surface area (Å²) in [6.07, 6.45) is 0.333. The first-order valence-corrected chi connectivity index (χ1v) is 10.0. The zero-order valence-electron chi connectivity index (χ0n) is 16.8. The predicted octanol–water partition coefficient (Wildman–Crippen LogP) is 2.99. The van der Waals surface area contributed by atoms with Crippen molar-refractivity contribution in [1.29, 1.82) is 0 Å². The highest BCUT2D eigenvalue weighted by Gasteiger charge is 2.45. The van der Waals surface area contributed by atoms with Gasteiger partial charge in [0.15, 0.2) is 0 Å². The molecule has 7 heteroatoms. The maximum atomic E-state index is 12.4. The highest BCUT2D eigenvalue weighted by atomic mass is 16.5. The quantitative estimate of drug-likeness (QED) is 0.793. The van der Waals surface area contributed by atoms with Crippen LogP contribution in [0.25, 0.3) is 11.1 Å². The maximum absolute atomic E-state index is 12.4. The molecule has 1 aliphatic carbocycles. The lowest BCUT2D eigenvalue weighted by Crippen LogP contribution is -2.53. The van der Waals surface area contributed by atoms with E-state index in [0.29, 0.717) is 19.4 Å². The van der Waals surface area contributed by atoms with Crippen LogP contribution >= 0.6 is 0 Å². The van der Waals surface area contributed by atoms with E-state index < -0.39 is 23.5 Å². The van der Waals surface area contributed by atoms with Crippen molar-refractivity contribution in [3.63, 3.8) is 0 Å². The highest BCUT2D eigenvalue weighted by molar-refractivity contribution is 5.89. The number of hydrogen-bond donors (Lipinski definition) is 2. The van der Waals surface area contributed by atoms with Crippen LogP contribution in [-0.2, 0) is 14.3 Å². The van der Waals surface area contributed by atoms with Gasteiger partial charge in [-0.3, -0.25) is 4.79 Å². The van der Waals surface area contributed by atoms with Gasteiger partial charge in [-0.2, -0.15) is 0 Å². The summed E-state index contributed by atoms with van der Waals surface area (Å²) in [6, 6.07) is 16.1. The molecular formula is C23H24N2O5. The molecule has 1 atom stereocenters. The predicted molar refractivity (Wildman–Crippen MR) is 110 cm³/mol. The minimum atomic E-state index is -1.22. The monoisotopic (exact) mass is 408 g/mol. The molecule has 1 heterocycles. The summed E-state index contributed by atoms with van der Waals surface area (Å²) >= 11 is 0. The topological polar surface area (TPSA) is 95.9 Å². The molecule has 156 valence electrons. The molecule has 0 spiro atoms. The second-order valence-corrected chi connectivity index (χ2v) is 7.91. The van der Waals surface area contributed by atoms with E-state index in [4.69, 9.17) is 4.74 Å². The van der Waals surface area contributed by atoms with Crippen molar-refractivity contribution in [3.05, 3.63) is 59.7 Å². The van der Waals surface area contributed by atoms with Crippen LogP contribution in [0.2, 0.25) is 0 Å². The van der Waals surface area contributed by atoms with E-state index in [1.807, 2.05) is 36.4 Å². The van der Waals surface area contributed by atoms with E-state index in [0.717, 1.165) is 22.3 Å². The molecule has 0 saturated carbocycles. The molecular weight excluding hydrogens is 384 g/mol. The van der Waals surface area contributed by atoms with E-state index in [1.165, 1.54) is 11.8 Å². The molecule has 1 aliphatic heterocycles. The van der Waals surface area contributed by atoms with Crippen molar-refractivity contribution in [2.75, 3.05) is 19.7 Å². The molecule has 2 N–H and O–H groups in total. The van der Waals surface area contributed by atoms with Crippen LogP contribution in [0.15, 0.2) is 48.5 Å². The van der Waals surface area contributed by atoms with E-state index >= 15 is 0 Å². The molecule has 4 rings (SSSR count). The zero-order chi connectivity index (χ0) is 21.3. The first-order valence-electron chi connectivity index (χ1n) is 10.0. The molecule has 0 bridgehead atoms. The molecule has 2 aromatic carbocycles. The number of likely N-dealkylation sites (tertiary alicyclic amines) is 1. The first kappa shape index (κ1) is 19.9. The average molecular weight is 408 g/mol. The number of nitrogens with zero attached hydrogens (tertiary/aromatic N) is 1. The number of hydrogen-bond acceptors (Lipinski definition) is 4. The Morgan fingerprint density at radius 1 is 1.10 bits per heavy atom. The summed E-state index contributed by atoms with van der Waals surface area (Å²) in [7, 11) is 0. The third-order valence-electron chi connectivity index (χ3n) is 6.13. The number of aliphatic carboxylic acids is 1. The summed E-state index contributed by atoms with van der Waals surface area (Å²) in [5, 5.41) is 11.9. The van der Waals surface area contributed by atoms with Crippen molar-refractivity contribution in [2.45, 2.75) is 31.2 Å². The zero-order valence-corrected chi connectivity index (χ0v) is 16.8. The van der Waals surface area contributed by atoms with Crippen LogP contribution < -0.4 is 5.32 Å². The van der Waals surface area contributed by atoms with Gasteiger partial charge >= 0.3 is 12.1 Å². The Kier molecular flexibility index (Phi) is 5.20. The van der Waals surface area contributed by atoms with E-state index in [1.54, 1.807) is 0 Å². The fourth-order valence-electron chi connectivity index (χ4n) is 4.48. The summed E-state index contributed by atoms with van der Waals surface area (Å²) in [5.41, 5.74) is 3.27. The number of rotatable bonds is 5. The van der Waals surface area contributed by atoms with Crippen molar-refractivity contribution in [2.24, 2.45) is 0 Å². The smallest absolute Gasteiger partial charge is 0.407 e. The van der Waals surface area contributed by atoms with Crippen LogP contribution in [0, 0.1) is 0 Å². The molecule has 0 radical (unpaired) electrons. The molecule has 7 nitrogen and oxygen atoms in total. The normalized spacial score (nSPS) is 19.8. The summed E-state index contributed by atoms with van der Waals surface area (Å²) in [5.74, 6) is -1.52. The number of amides is 2. The van der Waals surface area contributed by atoms with Crippen molar-refractivity contribution in [1.82, 2.24) is 10.2 Å². The Bertz CT molecular complexity index is 959. The number of alkyl carbamates (subject to hydrolysis) is 1. The number of ether oxygens (including phenoxy) is 1. The summed E-state index contributed by atoms with van der Waals surface area (Å²) in [6.45, 7) is 1.77. The van der Waals surface area contributed by atoms with E-state index in [-0.39, 0.29) is 19.1 Å². The lowest BCUT2D eigenvalue weighted by atomic mass is 9.98. The first-order chi connectivity index (χ1) is 14.4. The summed E-state index contributed by atoms with van der Waals surface area (Å²) < 4.78 is 5.42. The lowest BCUT2D eigenvalue weighted by Gasteiger charge is -2.31. The number of fused-ring (bicyclic) bond motifs is 3. The minimum absolute atomic E-state index is 0.0623. The van der Waals surface area contributed by atoms with Crippen LogP contribution in [-0.4, -0.2) is 53.2 Å². The molecule has 2 aliphatic rings. The van der Waals surface area contributed by atoms with Crippen molar-refractivity contribution < 1.29 is 24.2 Å². The van der Waals surface area contributed by atoms with Gasteiger partial charge in [-0.15, -0.1) is 0 Å². The Balaban J connectivity index is 1.36. The Hall–Kier alpha value is -3.35. The van der Waals surface area contributed by atoms with Crippen molar-refractivity contribution >= 4 is 18.0 Å². The van der Waals surface area contributed by atoms with Gasteiger partial charge in [0.25, 0.3) is 0 Å². The third-order valence-corrected chi connectivity index (χ3v) is 6.13. The van der Waals surface area contributed by atoms with Crippen LogP contribution in [0.1, 0.15) is 36.8 Å². The molecule has 0 aromatic heterocycles. The SMILES string of the molecule is C[C@@]1(C(=O)O)CCCN1C(=O)CNC(=O)OCC1c2ccccc2-c2ccccc21. The number of carboxylic acids is 1. The minimum Gasteiger partial charge on any atom is -0.480 e. The highest BCUT2D eigenvalue weighted by Crippen LogP contribution is 2.44. The number of benzene rings is 2. The van der Waals surface area contributed by atoms with Crippen LogP contribution in [0.3, 0.4) is 0 Å². The Morgan fingerprint density at radius 2 is 1.70 bits per heavy atom. The number of carbonyl (C=O) groups excluding carboxylic acids is 2. The van der Waals surface area contributed by atoms with Gasteiger partial charge in [0.1, 0.15) is 18.7 Å². The second kappa shape index (κ2) is 7.82. The number of carboxylic acid groups (broad SMARTS) is 1. The third kappa shape index (κ3) is 3.40. The van der Waals surface area contributed by atoms with Gasteiger partial charge in [0, 0.05) is 12.5 Å². The van der Waals surface area contributed by atoms with Gasteiger partial charge in [-0.1, -0.05) is 48.5 Å². The van der Waals surface area contributed by atoms with Crippen LogP contribution in [0.5, 0.6) is 0 Å². The molecule has 2 aromatic rings. The number of nitrogens with one attached hydrogen (secondary N) is 1. The van der Waals surface area contributed by atoms with Crippen LogP contribution in [0.4, 0.5) is 4.79 Å². The lowest BCUT2D eigenvalue weighted by molar-refractivity contribution is -0.154. The fourth-order valence-corrected chi connectivity index (χ4v) is 4.48. The molecule has 1 saturated heterocycles. The average Bonchev–Trinajstić information content (AvgIpc) is 3.30. The van der Waals surface area contributed by atoms with E-state index in [2.05, 4.69) is 17.4 Å². The Labute approximate surface area is 174 Å².